The summed E-state index contributed by atoms with van der Waals surface area (Å²) < 4.78 is 0. The highest BCUT2D eigenvalue weighted by Gasteiger charge is 2.19. The van der Waals surface area contributed by atoms with Crippen LogP contribution in [-0.2, 0) is 6.42 Å². The molecule has 0 unspecified atom stereocenters. The molecule has 2 aromatic rings. The smallest absolute Gasteiger partial charge is 0.0472 e. The number of rotatable bonds is 5. The van der Waals surface area contributed by atoms with Gasteiger partial charge in [0.2, 0.25) is 0 Å². The van der Waals surface area contributed by atoms with Gasteiger partial charge in [-0.25, -0.2) is 0 Å². The van der Waals surface area contributed by atoms with Crippen LogP contribution in [0.4, 0.5) is 11.4 Å². The summed E-state index contributed by atoms with van der Waals surface area (Å²) in [6, 6.07) is 15.8. The van der Waals surface area contributed by atoms with E-state index in [1.165, 1.54) is 28.1 Å². The van der Waals surface area contributed by atoms with Crippen LogP contribution in [0.5, 0.6) is 0 Å². The van der Waals surface area contributed by atoms with E-state index < -0.39 is 0 Å². The molecule has 1 nitrogen and oxygen atoms in total. The standard InChI is InChI=1S/C21H29N/c1-15(2)14-19-12-7-8-13-20(19)22(16(3)4)21-17(5)10-9-11-18(21)6/h7-13,15-16H,14H2,1-6H3. The lowest BCUT2D eigenvalue weighted by atomic mass is 9.98. The average molecular weight is 295 g/mol. The molecular formula is C21H29N. The lowest BCUT2D eigenvalue weighted by molar-refractivity contribution is 0.644. The number of anilines is 2. The van der Waals surface area contributed by atoms with Crippen molar-refractivity contribution in [3.05, 3.63) is 59.2 Å². The number of aryl methyl sites for hydroxylation is 2. The Morgan fingerprint density at radius 1 is 0.818 bits per heavy atom. The molecule has 0 aliphatic rings. The van der Waals surface area contributed by atoms with Crippen molar-refractivity contribution in [2.24, 2.45) is 5.92 Å². The number of hydrogen-bond donors (Lipinski definition) is 0. The third-order valence-electron chi connectivity index (χ3n) is 4.08. The van der Waals surface area contributed by atoms with E-state index in [2.05, 4.69) is 88.9 Å². The van der Waals surface area contributed by atoms with Gasteiger partial charge in [-0.05, 0) is 62.8 Å². The first-order valence-corrected chi connectivity index (χ1v) is 8.35. The minimum atomic E-state index is 0.424. The first-order chi connectivity index (χ1) is 10.4. The van der Waals surface area contributed by atoms with E-state index in [1.807, 2.05) is 0 Å². The average Bonchev–Trinajstić information content (AvgIpc) is 2.43. The lowest BCUT2D eigenvalue weighted by Gasteiger charge is -2.34. The van der Waals surface area contributed by atoms with Crippen LogP contribution in [-0.4, -0.2) is 6.04 Å². The molecule has 0 aromatic heterocycles. The predicted molar refractivity (Wildman–Crippen MR) is 98.2 cm³/mol. The molecule has 0 aliphatic carbocycles. The van der Waals surface area contributed by atoms with Crippen molar-refractivity contribution in [1.29, 1.82) is 0 Å². The number of para-hydroxylation sites is 2. The zero-order chi connectivity index (χ0) is 16.3. The van der Waals surface area contributed by atoms with E-state index in [0.29, 0.717) is 12.0 Å². The van der Waals surface area contributed by atoms with Gasteiger partial charge in [-0.1, -0.05) is 50.2 Å². The van der Waals surface area contributed by atoms with Crippen molar-refractivity contribution < 1.29 is 0 Å². The van der Waals surface area contributed by atoms with Crippen molar-refractivity contribution in [3.63, 3.8) is 0 Å². The van der Waals surface area contributed by atoms with Crippen LogP contribution in [0.3, 0.4) is 0 Å². The van der Waals surface area contributed by atoms with Gasteiger partial charge in [0.15, 0.2) is 0 Å². The number of hydrogen-bond acceptors (Lipinski definition) is 1. The summed E-state index contributed by atoms with van der Waals surface area (Å²) in [5.74, 6) is 0.660. The molecule has 118 valence electrons. The monoisotopic (exact) mass is 295 g/mol. The molecule has 0 saturated heterocycles. The van der Waals surface area contributed by atoms with Gasteiger partial charge < -0.3 is 4.90 Å². The van der Waals surface area contributed by atoms with E-state index in [4.69, 9.17) is 0 Å². The molecule has 0 fully saturated rings. The Morgan fingerprint density at radius 2 is 1.41 bits per heavy atom. The molecule has 1 heteroatoms. The summed E-state index contributed by atoms with van der Waals surface area (Å²) in [6.07, 6.45) is 1.12. The van der Waals surface area contributed by atoms with Crippen molar-refractivity contribution >= 4 is 11.4 Å². The molecule has 0 atom stereocenters. The second-order valence-electron chi connectivity index (χ2n) is 6.93. The van der Waals surface area contributed by atoms with Gasteiger partial charge in [0, 0.05) is 17.4 Å². The summed E-state index contributed by atoms with van der Waals surface area (Å²) in [6.45, 7) is 13.5. The van der Waals surface area contributed by atoms with E-state index in [1.54, 1.807) is 0 Å². The van der Waals surface area contributed by atoms with Crippen molar-refractivity contribution in [2.75, 3.05) is 4.90 Å². The van der Waals surface area contributed by atoms with Crippen molar-refractivity contribution in [3.8, 4) is 0 Å². The number of benzene rings is 2. The summed E-state index contributed by atoms with van der Waals surface area (Å²) in [5.41, 5.74) is 6.83. The Morgan fingerprint density at radius 3 is 1.95 bits per heavy atom. The van der Waals surface area contributed by atoms with Gasteiger partial charge in [0.25, 0.3) is 0 Å². The molecule has 0 heterocycles. The van der Waals surface area contributed by atoms with Crippen molar-refractivity contribution in [2.45, 2.75) is 54.0 Å². The van der Waals surface area contributed by atoms with E-state index in [-0.39, 0.29) is 0 Å². The second-order valence-corrected chi connectivity index (χ2v) is 6.93. The molecule has 0 radical (unpaired) electrons. The zero-order valence-electron chi connectivity index (χ0n) is 14.9. The predicted octanol–water partition coefficient (Wildman–Crippen LogP) is 6.05. The summed E-state index contributed by atoms with van der Waals surface area (Å²) in [5, 5.41) is 0. The van der Waals surface area contributed by atoms with Crippen LogP contribution in [0.2, 0.25) is 0 Å². The fraction of sp³-hybridized carbons (Fsp3) is 0.429. The van der Waals surface area contributed by atoms with Gasteiger partial charge >= 0.3 is 0 Å². The molecule has 0 N–H and O–H groups in total. The molecule has 0 spiro atoms. The van der Waals surface area contributed by atoms with E-state index in [9.17, 15) is 0 Å². The first kappa shape index (κ1) is 16.6. The van der Waals surface area contributed by atoms with Gasteiger partial charge in [-0.3, -0.25) is 0 Å². The normalized spacial score (nSPS) is 11.3. The molecule has 0 saturated carbocycles. The Labute approximate surface area is 136 Å². The van der Waals surface area contributed by atoms with Crippen LogP contribution in [0.15, 0.2) is 42.5 Å². The van der Waals surface area contributed by atoms with Crippen LogP contribution >= 0.6 is 0 Å². The topological polar surface area (TPSA) is 3.24 Å². The van der Waals surface area contributed by atoms with Gasteiger partial charge in [0.1, 0.15) is 0 Å². The Kier molecular flexibility index (Phi) is 5.28. The first-order valence-electron chi connectivity index (χ1n) is 8.35. The highest BCUT2D eigenvalue weighted by molar-refractivity contribution is 5.72. The second kappa shape index (κ2) is 7.00. The minimum absolute atomic E-state index is 0.424. The molecule has 2 rings (SSSR count). The maximum absolute atomic E-state index is 2.50. The maximum Gasteiger partial charge on any atom is 0.0472 e. The fourth-order valence-electron chi connectivity index (χ4n) is 3.20. The highest BCUT2D eigenvalue weighted by atomic mass is 15.2. The van der Waals surface area contributed by atoms with Gasteiger partial charge in [-0.15, -0.1) is 0 Å². The summed E-state index contributed by atoms with van der Waals surface area (Å²) >= 11 is 0. The zero-order valence-corrected chi connectivity index (χ0v) is 14.9. The van der Waals surface area contributed by atoms with Crippen LogP contribution in [0.1, 0.15) is 44.4 Å². The molecule has 0 bridgehead atoms. The highest BCUT2D eigenvalue weighted by Crippen LogP contribution is 2.36. The van der Waals surface area contributed by atoms with Crippen LogP contribution in [0.25, 0.3) is 0 Å². The third kappa shape index (κ3) is 3.52. The minimum Gasteiger partial charge on any atom is -0.338 e. The van der Waals surface area contributed by atoms with Gasteiger partial charge in [0.05, 0.1) is 0 Å². The number of nitrogens with zero attached hydrogens (tertiary/aromatic N) is 1. The molecule has 22 heavy (non-hydrogen) atoms. The van der Waals surface area contributed by atoms with Gasteiger partial charge in [-0.2, -0.15) is 0 Å². The SMILES string of the molecule is Cc1cccc(C)c1N(c1ccccc1CC(C)C)C(C)C. The molecule has 0 aliphatic heterocycles. The Hall–Kier alpha value is -1.76. The molecule has 0 amide bonds. The Bertz CT molecular complexity index is 605. The molecular weight excluding hydrogens is 266 g/mol. The lowest BCUT2D eigenvalue weighted by Crippen LogP contribution is -2.28. The van der Waals surface area contributed by atoms with Crippen LogP contribution < -0.4 is 4.90 Å². The largest absolute Gasteiger partial charge is 0.338 e. The van der Waals surface area contributed by atoms with Crippen molar-refractivity contribution in [1.82, 2.24) is 0 Å². The summed E-state index contributed by atoms with van der Waals surface area (Å²) in [7, 11) is 0. The molecule has 2 aromatic carbocycles. The quantitative estimate of drug-likeness (QED) is 0.649. The van der Waals surface area contributed by atoms with Crippen LogP contribution in [0, 0.1) is 19.8 Å². The fourth-order valence-corrected chi connectivity index (χ4v) is 3.20. The third-order valence-corrected chi connectivity index (χ3v) is 4.08. The van der Waals surface area contributed by atoms with E-state index >= 15 is 0 Å². The maximum atomic E-state index is 2.50. The Balaban J connectivity index is 2.59. The van der Waals surface area contributed by atoms with E-state index in [0.717, 1.165) is 6.42 Å². The summed E-state index contributed by atoms with van der Waals surface area (Å²) in [4.78, 5) is 2.50.